The number of nitrogens with two attached hydrogens (primary N) is 1. The van der Waals surface area contributed by atoms with E-state index in [0.29, 0.717) is 21.3 Å². The maximum Gasteiger partial charge on any atom is 0.137 e. The fourth-order valence-corrected chi connectivity index (χ4v) is 2.17. The van der Waals surface area contributed by atoms with Crippen LogP contribution in [-0.4, -0.2) is 0 Å². The molecule has 0 unspecified atom stereocenters. The van der Waals surface area contributed by atoms with Crippen LogP contribution in [0.5, 0.6) is 5.75 Å². The van der Waals surface area contributed by atoms with Gasteiger partial charge in [-0.3, -0.25) is 0 Å². The fraction of sp³-hybridized carbons (Fsp3) is 0.200. The predicted octanol–water partition coefficient (Wildman–Crippen LogP) is 4.33. The van der Waals surface area contributed by atoms with Gasteiger partial charge in [0.2, 0.25) is 0 Å². The molecule has 0 aliphatic carbocycles. The van der Waals surface area contributed by atoms with Crippen molar-refractivity contribution in [1.29, 1.82) is 0 Å². The molecule has 0 bridgehead atoms. The van der Waals surface area contributed by atoms with E-state index >= 15 is 0 Å². The zero-order valence-corrected chi connectivity index (χ0v) is 12.5. The van der Waals surface area contributed by atoms with Crippen molar-refractivity contribution < 1.29 is 13.5 Å². The number of ether oxygens (including phenoxy) is 1. The van der Waals surface area contributed by atoms with Gasteiger partial charge in [0.25, 0.3) is 0 Å². The standard InChI is InChI=1S/C15H14BrF2NO/c1-9(19)12-6-5-11(7-14(12)18)20-8-10-3-2-4-13(17)15(10)16/h2-7,9H,8,19H2,1H3/t9-/m1/s1. The maximum absolute atomic E-state index is 13.7. The van der Waals surface area contributed by atoms with Gasteiger partial charge in [-0.05, 0) is 35.0 Å². The first kappa shape index (κ1) is 14.9. The summed E-state index contributed by atoms with van der Waals surface area (Å²) in [6.45, 7) is 1.86. The highest BCUT2D eigenvalue weighted by atomic mass is 79.9. The lowest BCUT2D eigenvalue weighted by Crippen LogP contribution is -2.07. The molecule has 0 radical (unpaired) electrons. The third-order valence-electron chi connectivity index (χ3n) is 2.89. The molecule has 0 aliphatic heterocycles. The second-order valence-electron chi connectivity index (χ2n) is 4.47. The summed E-state index contributed by atoms with van der Waals surface area (Å²) in [5, 5.41) is 0. The van der Waals surface area contributed by atoms with Crippen molar-refractivity contribution >= 4 is 15.9 Å². The molecular formula is C15H14BrF2NO. The van der Waals surface area contributed by atoms with Crippen LogP contribution < -0.4 is 10.5 Å². The van der Waals surface area contributed by atoms with Gasteiger partial charge in [-0.1, -0.05) is 18.2 Å². The first-order chi connectivity index (χ1) is 9.49. The Kier molecular flexibility index (Phi) is 4.73. The SMILES string of the molecule is C[C@@H](N)c1ccc(OCc2cccc(F)c2Br)cc1F. The summed E-state index contributed by atoms with van der Waals surface area (Å²) in [4.78, 5) is 0. The molecule has 0 saturated heterocycles. The smallest absolute Gasteiger partial charge is 0.137 e. The minimum atomic E-state index is -0.407. The van der Waals surface area contributed by atoms with Crippen molar-refractivity contribution in [2.75, 3.05) is 0 Å². The van der Waals surface area contributed by atoms with Gasteiger partial charge in [0.15, 0.2) is 0 Å². The van der Waals surface area contributed by atoms with Crippen molar-refractivity contribution in [2.45, 2.75) is 19.6 Å². The van der Waals surface area contributed by atoms with E-state index in [1.807, 2.05) is 0 Å². The molecule has 0 aliphatic rings. The molecule has 1 atom stereocenters. The van der Waals surface area contributed by atoms with Crippen molar-refractivity contribution in [2.24, 2.45) is 5.73 Å². The average Bonchev–Trinajstić information content (AvgIpc) is 2.40. The highest BCUT2D eigenvalue weighted by Gasteiger charge is 2.09. The Balaban J connectivity index is 2.11. The molecule has 5 heteroatoms. The van der Waals surface area contributed by atoms with Crippen LogP contribution in [0.2, 0.25) is 0 Å². The van der Waals surface area contributed by atoms with E-state index in [-0.39, 0.29) is 18.5 Å². The average molecular weight is 342 g/mol. The molecule has 2 aromatic carbocycles. The molecular weight excluding hydrogens is 328 g/mol. The quantitative estimate of drug-likeness (QED) is 0.898. The molecule has 2 N–H and O–H groups in total. The Morgan fingerprint density at radius 3 is 2.60 bits per heavy atom. The number of hydrogen-bond donors (Lipinski definition) is 1. The number of rotatable bonds is 4. The van der Waals surface area contributed by atoms with Crippen molar-refractivity contribution in [1.82, 2.24) is 0 Å². The van der Waals surface area contributed by atoms with E-state index in [2.05, 4.69) is 15.9 Å². The molecule has 0 aromatic heterocycles. The van der Waals surface area contributed by atoms with Gasteiger partial charge < -0.3 is 10.5 Å². The van der Waals surface area contributed by atoms with Crippen LogP contribution in [0.25, 0.3) is 0 Å². The molecule has 106 valence electrons. The molecule has 2 aromatic rings. The number of hydrogen-bond acceptors (Lipinski definition) is 2. The summed E-state index contributed by atoms with van der Waals surface area (Å²) in [6, 6.07) is 8.83. The minimum absolute atomic E-state index is 0.148. The van der Waals surface area contributed by atoms with Crippen LogP contribution >= 0.6 is 15.9 Å². The first-order valence-electron chi connectivity index (χ1n) is 6.09. The highest BCUT2D eigenvalue weighted by Crippen LogP contribution is 2.24. The van der Waals surface area contributed by atoms with Crippen molar-refractivity contribution in [3.63, 3.8) is 0 Å². The van der Waals surface area contributed by atoms with Crippen LogP contribution in [0, 0.1) is 11.6 Å². The Hall–Kier alpha value is -1.46. The fourth-order valence-electron chi connectivity index (χ4n) is 1.79. The van der Waals surface area contributed by atoms with Crippen LogP contribution in [0.15, 0.2) is 40.9 Å². The zero-order chi connectivity index (χ0) is 14.7. The maximum atomic E-state index is 13.7. The topological polar surface area (TPSA) is 35.2 Å². The highest BCUT2D eigenvalue weighted by molar-refractivity contribution is 9.10. The number of benzene rings is 2. The predicted molar refractivity (Wildman–Crippen MR) is 77.4 cm³/mol. The molecule has 0 fully saturated rings. The second-order valence-corrected chi connectivity index (χ2v) is 5.27. The molecule has 0 saturated carbocycles. The lowest BCUT2D eigenvalue weighted by atomic mass is 10.1. The zero-order valence-electron chi connectivity index (χ0n) is 10.9. The molecule has 2 rings (SSSR count). The van der Waals surface area contributed by atoms with E-state index in [4.69, 9.17) is 10.5 Å². The van der Waals surface area contributed by atoms with E-state index in [0.717, 1.165) is 0 Å². The van der Waals surface area contributed by atoms with Crippen molar-refractivity contribution in [3.05, 3.63) is 63.6 Å². The van der Waals surface area contributed by atoms with Crippen LogP contribution in [0.3, 0.4) is 0 Å². The van der Waals surface area contributed by atoms with E-state index < -0.39 is 5.82 Å². The minimum Gasteiger partial charge on any atom is -0.489 e. The van der Waals surface area contributed by atoms with Gasteiger partial charge in [-0.25, -0.2) is 8.78 Å². The van der Waals surface area contributed by atoms with E-state index in [1.54, 1.807) is 31.2 Å². The Morgan fingerprint density at radius 2 is 1.95 bits per heavy atom. The summed E-state index contributed by atoms with van der Waals surface area (Å²) >= 11 is 3.15. The molecule has 0 heterocycles. The van der Waals surface area contributed by atoms with E-state index in [9.17, 15) is 8.78 Å². The Morgan fingerprint density at radius 1 is 1.20 bits per heavy atom. The third-order valence-corrected chi connectivity index (χ3v) is 3.78. The second kappa shape index (κ2) is 6.33. The van der Waals surface area contributed by atoms with Gasteiger partial charge >= 0.3 is 0 Å². The monoisotopic (exact) mass is 341 g/mol. The van der Waals surface area contributed by atoms with Gasteiger partial charge in [0.1, 0.15) is 24.0 Å². The first-order valence-corrected chi connectivity index (χ1v) is 6.89. The van der Waals surface area contributed by atoms with Crippen LogP contribution in [-0.2, 0) is 6.61 Å². The van der Waals surface area contributed by atoms with E-state index in [1.165, 1.54) is 12.1 Å². The van der Waals surface area contributed by atoms with Crippen LogP contribution in [0.4, 0.5) is 8.78 Å². The molecule has 2 nitrogen and oxygen atoms in total. The largest absolute Gasteiger partial charge is 0.489 e. The Bertz CT molecular complexity index is 617. The van der Waals surface area contributed by atoms with Crippen LogP contribution in [0.1, 0.15) is 24.1 Å². The molecule has 0 amide bonds. The van der Waals surface area contributed by atoms with Gasteiger partial charge in [-0.15, -0.1) is 0 Å². The molecule has 20 heavy (non-hydrogen) atoms. The lowest BCUT2D eigenvalue weighted by Gasteiger charge is -2.11. The van der Waals surface area contributed by atoms with Crippen molar-refractivity contribution in [3.8, 4) is 5.75 Å². The van der Waals surface area contributed by atoms with Gasteiger partial charge in [-0.2, -0.15) is 0 Å². The lowest BCUT2D eigenvalue weighted by molar-refractivity contribution is 0.302. The van der Waals surface area contributed by atoms with Gasteiger partial charge in [0, 0.05) is 23.2 Å². The molecule has 0 spiro atoms. The summed E-state index contributed by atoms with van der Waals surface area (Å²) in [6.07, 6.45) is 0. The summed E-state index contributed by atoms with van der Waals surface area (Å²) in [5.41, 5.74) is 6.73. The summed E-state index contributed by atoms with van der Waals surface area (Å²) in [7, 11) is 0. The van der Waals surface area contributed by atoms with Gasteiger partial charge in [0.05, 0.1) is 4.47 Å². The third kappa shape index (κ3) is 3.35. The normalized spacial score (nSPS) is 12.2. The summed E-state index contributed by atoms with van der Waals surface area (Å²) in [5.74, 6) is -0.386. The number of halogens is 3. The summed E-state index contributed by atoms with van der Waals surface area (Å²) < 4.78 is 32.9. The Labute approximate surface area is 124 Å².